The molecule has 1 aromatic carbocycles. The Hall–Kier alpha value is -3.43. The summed E-state index contributed by atoms with van der Waals surface area (Å²) in [7, 11) is 1.64. The number of imidazole rings is 1. The lowest BCUT2D eigenvalue weighted by atomic mass is 9.72. The van der Waals surface area contributed by atoms with Crippen LogP contribution in [0.3, 0.4) is 0 Å². The summed E-state index contributed by atoms with van der Waals surface area (Å²) in [5.41, 5.74) is 9.72. The van der Waals surface area contributed by atoms with Gasteiger partial charge in [0.15, 0.2) is 5.82 Å². The van der Waals surface area contributed by atoms with Crippen molar-refractivity contribution in [2.45, 2.75) is 71.3 Å². The van der Waals surface area contributed by atoms with Crippen LogP contribution < -0.4 is 10.5 Å². The maximum Gasteiger partial charge on any atom is 0.254 e. The van der Waals surface area contributed by atoms with Gasteiger partial charge in [0, 0.05) is 48.9 Å². The molecule has 206 valence electrons. The van der Waals surface area contributed by atoms with Crippen LogP contribution in [-0.4, -0.2) is 66.4 Å². The van der Waals surface area contributed by atoms with Crippen molar-refractivity contribution in [3.05, 3.63) is 42.1 Å². The summed E-state index contributed by atoms with van der Waals surface area (Å²) in [5, 5.41) is 11.5. The first-order chi connectivity index (χ1) is 18.6. The quantitative estimate of drug-likeness (QED) is 0.389. The predicted octanol–water partition coefficient (Wildman–Crippen LogP) is 4.05. The molecule has 1 aliphatic heterocycles. The maximum absolute atomic E-state index is 13.7. The Morgan fingerprint density at radius 1 is 1.23 bits per heavy atom. The average molecular weight is 531 g/mol. The van der Waals surface area contributed by atoms with Crippen LogP contribution in [0.5, 0.6) is 5.75 Å². The molecule has 39 heavy (non-hydrogen) atoms. The van der Waals surface area contributed by atoms with Gasteiger partial charge in [0.25, 0.3) is 5.91 Å². The summed E-state index contributed by atoms with van der Waals surface area (Å²) in [4.78, 5) is 25.3. The highest BCUT2D eigenvalue weighted by molar-refractivity contribution is 6.00. The smallest absolute Gasteiger partial charge is 0.254 e. The molecule has 1 saturated carbocycles. The standard InChI is InChI=1S/C30H38N6O3/c1-6-34-23(11-20-8-7-9-32-27(20)34)28-33-22-10-21(29(37)35-15-17(2)25(31)18(35)3)12-24(39-5)26(22)36(28)16-19-13-30(4,38)14-19/h7-12,17-19,25,38H,6,13-16,31H2,1-5H3/t17-,18-,19-,25-,30+/m1/s1. The van der Waals surface area contributed by atoms with Crippen molar-refractivity contribution in [1.82, 2.24) is 24.0 Å². The highest BCUT2D eigenvalue weighted by Gasteiger charge is 2.40. The van der Waals surface area contributed by atoms with Gasteiger partial charge in [-0.3, -0.25) is 4.79 Å². The number of likely N-dealkylation sites (tertiary alicyclic amines) is 1. The normalized spacial score (nSPS) is 26.9. The number of rotatable bonds is 6. The van der Waals surface area contributed by atoms with Crippen molar-refractivity contribution in [2.75, 3.05) is 13.7 Å². The first-order valence-corrected chi connectivity index (χ1v) is 13.9. The first kappa shape index (κ1) is 25.8. The fraction of sp³-hybridized carbons (Fsp3) is 0.500. The number of aliphatic hydroxyl groups is 1. The van der Waals surface area contributed by atoms with Crippen LogP contribution in [0.1, 0.15) is 50.9 Å². The number of benzene rings is 1. The van der Waals surface area contributed by atoms with Crippen LogP contribution in [-0.2, 0) is 13.1 Å². The SMILES string of the molecule is CCn1c(-c2nc3cc(C(=O)N4C[C@@H](C)[C@@H](N)[C@H]4C)cc(OC)c3n2C[C@H]2C[C@@](C)(O)C2)cc2cccnc21. The number of ether oxygens (including phenoxy) is 1. The minimum atomic E-state index is -0.627. The molecular formula is C30H38N6O3. The van der Waals surface area contributed by atoms with Crippen LogP contribution in [0.15, 0.2) is 36.5 Å². The van der Waals surface area contributed by atoms with Gasteiger partial charge in [0.05, 0.1) is 23.9 Å². The molecule has 0 spiro atoms. The van der Waals surface area contributed by atoms with Gasteiger partial charge in [-0.1, -0.05) is 6.92 Å². The molecule has 1 saturated heterocycles. The second kappa shape index (κ2) is 9.34. The molecule has 0 radical (unpaired) electrons. The van der Waals surface area contributed by atoms with Gasteiger partial charge in [-0.2, -0.15) is 0 Å². The maximum atomic E-state index is 13.7. The minimum absolute atomic E-state index is 0.0403. The Morgan fingerprint density at radius 2 is 2.00 bits per heavy atom. The van der Waals surface area contributed by atoms with E-state index in [1.54, 1.807) is 7.11 Å². The lowest BCUT2D eigenvalue weighted by Gasteiger charge is -2.41. The molecule has 6 rings (SSSR count). The van der Waals surface area contributed by atoms with E-state index >= 15 is 0 Å². The second-order valence-electron chi connectivity index (χ2n) is 11.8. The van der Waals surface area contributed by atoms with Crippen molar-refractivity contribution < 1.29 is 14.6 Å². The zero-order chi connectivity index (χ0) is 27.6. The average Bonchev–Trinajstić information content (AvgIpc) is 3.54. The topological polar surface area (TPSA) is 111 Å². The van der Waals surface area contributed by atoms with Gasteiger partial charge in [-0.05, 0) is 75.8 Å². The van der Waals surface area contributed by atoms with Gasteiger partial charge < -0.3 is 29.6 Å². The van der Waals surface area contributed by atoms with Gasteiger partial charge >= 0.3 is 0 Å². The van der Waals surface area contributed by atoms with E-state index in [0.717, 1.165) is 47.5 Å². The molecule has 0 unspecified atom stereocenters. The van der Waals surface area contributed by atoms with Gasteiger partial charge in [0.1, 0.15) is 16.9 Å². The molecule has 9 heteroatoms. The van der Waals surface area contributed by atoms with E-state index in [2.05, 4.69) is 40.1 Å². The molecule has 9 nitrogen and oxygen atoms in total. The van der Waals surface area contributed by atoms with Crippen LogP contribution in [0.2, 0.25) is 0 Å². The third-order valence-corrected chi connectivity index (χ3v) is 8.82. The van der Waals surface area contributed by atoms with Crippen molar-refractivity contribution in [3.8, 4) is 17.3 Å². The fourth-order valence-electron chi connectivity index (χ4n) is 6.76. The number of fused-ring (bicyclic) bond motifs is 2. The highest BCUT2D eigenvalue weighted by Crippen LogP contribution is 2.42. The molecule has 1 amide bonds. The molecule has 4 heterocycles. The number of aromatic nitrogens is 4. The number of carbonyl (C=O) groups is 1. The molecule has 1 aliphatic carbocycles. The summed E-state index contributed by atoms with van der Waals surface area (Å²) in [5.74, 6) is 1.92. The minimum Gasteiger partial charge on any atom is -0.494 e. The zero-order valence-electron chi connectivity index (χ0n) is 23.4. The molecule has 3 N–H and O–H groups in total. The molecule has 2 fully saturated rings. The van der Waals surface area contributed by atoms with Gasteiger partial charge in [-0.15, -0.1) is 0 Å². The lowest BCUT2D eigenvalue weighted by Crippen LogP contribution is -2.42. The molecule has 3 aromatic heterocycles. The Kier molecular flexibility index (Phi) is 6.19. The van der Waals surface area contributed by atoms with Crippen molar-refractivity contribution in [3.63, 3.8) is 0 Å². The Balaban J connectivity index is 1.51. The number of amides is 1. The number of hydrogen-bond acceptors (Lipinski definition) is 6. The molecule has 4 aromatic rings. The predicted molar refractivity (Wildman–Crippen MR) is 152 cm³/mol. The van der Waals surface area contributed by atoms with Crippen molar-refractivity contribution in [2.24, 2.45) is 17.6 Å². The number of nitrogens with two attached hydrogens (primary N) is 1. The molecular weight excluding hydrogens is 492 g/mol. The summed E-state index contributed by atoms with van der Waals surface area (Å²) in [6.45, 7) is 10.2. The number of methoxy groups -OCH3 is 1. The van der Waals surface area contributed by atoms with Crippen molar-refractivity contribution >= 4 is 28.0 Å². The Morgan fingerprint density at radius 3 is 2.64 bits per heavy atom. The number of aryl methyl sites for hydroxylation is 1. The van der Waals surface area contributed by atoms with Crippen LogP contribution in [0.4, 0.5) is 0 Å². The highest BCUT2D eigenvalue weighted by atomic mass is 16.5. The van der Waals surface area contributed by atoms with E-state index in [-0.39, 0.29) is 23.9 Å². The summed E-state index contributed by atoms with van der Waals surface area (Å²) >= 11 is 0. The Bertz CT molecular complexity index is 1560. The van der Waals surface area contributed by atoms with E-state index < -0.39 is 5.60 Å². The van der Waals surface area contributed by atoms with Crippen LogP contribution in [0, 0.1) is 11.8 Å². The van der Waals surface area contributed by atoms with E-state index in [1.807, 2.05) is 43.1 Å². The van der Waals surface area contributed by atoms with Crippen molar-refractivity contribution in [1.29, 1.82) is 0 Å². The van der Waals surface area contributed by atoms with E-state index in [1.165, 1.54) is 0 Å². The summed E-state index contributed by atoms with van der Waals surface area (Å²) in [6.07, 6.45) is 3.27. The number of carbonyl (C=O) groups excluding carboxylic acids is 1. The zero-order valence-corrected chi connectivity index (χ0v) is 23.4. The Labute approximate surface area is 228 Å². The van der Waals surface area contributed by atoms with Crippen LogP contribution >= 0.6 is 0 Å². The number of pyridine rings is 1. The molecule has 2 aliphatic rings. The lowest BCUT2D eigenvalue weighted by molar-refractivity contribution is -0.0613. The molecule has 3 atom stereocenters. The third-order valence-electron chi connectivity index (χ3n) is 8.82. The number of hydrogen-bond donors (Lipinski definition) is 2. The summed E-state index contributed by atoms with van der Waals surface area (Å²) < 4.78 is 10.3. The molecule has 0 bridgehead atoms. The fourth-order valence-corrected chi connectivity index (χ4v) is 6.76. The monoisotopic (exact) mass is 530 g/mol. The summed E-state index contributed by atoms with van der Waals surface area (Å²) in [6, 6.07) is 9.77. The van der Waals surface area contributed by atoms with E-state index in [9.17, 15) is 9.90 Å². The third kappa shape index (κ3) is 4.19. The van der Waals surface area contributed by atoms with Gasteiger partial charge in [0.2, 0.25) is 0 Å². The van der Waals surface area contributed by atoms with E-state index in [0.29, 0.717) is 35.8 Å². The number of nitrogens with zero attached hydrogens (tertiary/aromatic N) is 5. The van der Waals surface area contributed by atoms with E-state index in [4.69, 9.17) is 15.5 Å². The first-order valence-electron chi connectivity index (χ1n) is 13.9. The van der Waals surface area contributed by atoms with Crippen LogP contribution in [0.25, 0.3) is 33.6 Å². The van der Waals surface area contributed by atoms with Gasteiger partial charge in [-0.25, -0.2) is 9.97 Å². The largest absolute Gasteiger partial charge is 0.494 e. The second-order valence-corrected chi connectivity index (χ2v) is 11.8.